The van der Waals surface area contributed by atoms with Crippen LogP contribution in [0.25, 0.3) is 11.4 Å². The Kier molecular flexibility index (Phi) is 4.00. The van der Waals surface area contributed by atoms with Gasteiger partial charge in [0.2, 0.25) is 11.7 Å². The summed E-state index contributed by atoms with van der Waals surface area (Å²) in [5.41, 5.74) is 4.16. The molecule has 0 amide bonds. The Morgan fingerprint density at radius 1 is 1.40 bits per heavy atom. The highest BCUT2D eigenvalue weighted by molar-refractivity contribution is 9.10. The van der Waals surface area contributed by atoms with E-state index in [2.05, 4.69) is 26.1 Å². The number of nitrogens with two attached hydrogens (primary N) is 1. The van der Waals surface area contributed by atoms with Crippen molar-refractivity contribution in [1.29, 1.82) is 0 Å². The van der Waals surface area contributed by atoms with Crippen LogP contribution in [0.4, 0.5) is 13.2 Å². The van der Waals surface area contributed by atoms with Crippen molar-refractivity contribution in [3.63, 3.8) is 0 Å². The second-order valence-electron chi connectivity index (χ2n) is 3.75. The minimum Gasteiger partial charge on any atom is -0.496 e. The van der Waals surface area contributed by atoms with Gasteiger partial charge in [0, 0.05) is 5.56 Å². The van der Waals surface area contributed by atoms with Crippen molar-refractivity contribution in [1.82, 2.24) is 10.1 Å². The van der Waals surface area contributed by atoms with Gasteiger partial charge in [-0.25, -0.2) is 0 Å². The molecule has 0 bridgehead atoms. The van der Waals surface area contributed by atoms with E-state index in [1.807, 2.05) is 0 Å². The fourth-order valence-corrected chi connectivity index (χ4v) is 2.08. The number of hydrogen-bond donors (Lipinski definition) is 1. The molecule has 1 aromatic carbocycles. The van der Waals surface area contributed by atoms with Gasteiger partial charge in [0.15, 0.2) is 0 Å². The third kappa shape index (κ3) is 2.78. The van der Waals surface area contributed by atoms with E-state index in [4.69, 9.17) is 15.0 Å². The quantitative estimate of drug-likeness (QED) is 0.919. The first-order chi connectivity index (χ1) is 9.36. The van der Waals surface area contributed by atoms with Crippen LogP contribution in [0.2, 0.25) is 0 Å². The molecule has 0 unspecified atom stereocenters. The normalized spacial score (nSPS) is 11.7. The van der Waals surface area contributed by atoms with E-state index >= 15 is 0 Å². The molecular weight excluding hydrogens is 343 g/mol. The van der Waals surface area contributed by atoms with E-state index in [0.29, 0.717) is 4.47 Å². The van der Waals surface area contributed by atoms with Crippen molar-refractivity contribution >= 4 is 15.9 Å². The Hall–Kier alpha value is -1.61. The summed E-state index contributed by atoms with van der Waals surface area (Å²) in [5, 5.41) is 3.50. The largest absolute Gasteiger partial charge is 0.496 e. The lowest BCUT2D eigenvalue weighted by Crippen LogP contribution is -2.08. The molecule has 1 heterocycles. The molecule has 1 aromatic heterocycles. The lowest BCUT2D eigenvalue weighted by molar-refractivity contribution is -0.137. The van der Waals surface area contributed by atoms with Crippen molar-refractivity contribution in [3.05, 3.63) is 28.1 Å². The van der Waals surface area contributed by atoms with Crippen LogP contribution in [0, 0.1) is 0 Å². The fraction of sp³-hybridized carbons (Fsp3) is 0.273. The van der Waals surface area contributed by atoms with Crippen LogP contribution >= 0.6 is 15.9 Å². The third-order valence-corrected chi connectivity index (χ3v) is 3.10. The average Bonchev–Trinajstić information content (AvgIpc) is 2.85. The van der Waals surface area contributed by atoms with Gasteiger partial charge in [-0.2, -0.15) is 18.2 Å². The number of halogens is 4. The Bertz CT molecular complexity index is 628. The van der Waals surface area contributed by atoms with E-state index in [0.717, 1.165) is 6.07 Å². The summed E-state index contributed by atoms with van der Waals surface area (Å²) in [6.07, 6.45) is -4.58. The van der Waals surface area contributed by atoms with Gasteiger partial charge in [0.1, 0.15) is 5.75 Å². The molecular formula is C11H9BrF3N3O2. The minimum atomic E-state index is -4.58. The molecule has 0 fully saturated rings. The average molecular weight is 352 g/mol. The van der Waals surface area contributed by atoms with Gasteiger partial charge in [0.05, 0.1) is 23.7 Å². The first-order valence-corrected chi connectivity index (χ1v) is 6.14. The Labute approximate surface area is 120 Å². The monoisotopic (exact) mass is 351 g/mol. The van der Waals surface area contributed by atoms with Gasteiger partial charge in [-0.1, -0.05) is 5.16 Å². The van der Waals surface area contributed by atoms with Gasteiger partial charge in [0.25, 0.3) is 0 Å². The summed E-state index contributed by atoms with van der Waals surface area (Å²) < 4.78 is 49.2. The van der Waals surface area contributed by atoms with E-state index in [9.17, 15) is 13.2 Å². The van der Waals surface area contributed by atoms with Crippen molar-refractivity contribution in [3.8, 4) is 17.1 Å². The molecule has 0 aliphatic heterocycles. The summed E-state index contributed by atoms with van der Waals surface area (Å²) in [7, 11) is 1.28. The second-order valence-corrected chi connectivity index (χ2v) is 4.60. The predicted molar refractivity (Wildman–Crippen MR) is 66.9 cm³/mol. The van der Waals surface area contributed by atoms with Gasteiger partial charge in [-0.3, -0.25) is 0 Å². The molecule has 0 atom stereocenters. The highest BCUT2D eigenvalue weighted by Crippen LogP contribution is 2.41. The summed E-state index contributed by atoms with van der Waals surface area (Å²) in [6, 6.07) is 2.10. The minimum absolute atomic E-state index is 0.0499. The Morgan fingerprint density at radius 3 is 2.60 bits per heavy atom. The second kappa shape index (κ2) is 5.41. The van der Waals surface area contributed by atoms with Crippen molar-refractivity contribution in [2.45, 2.75) is 12.7 Å². The molecule has 9 heteroatoms. The zero-order valence-corrected chi connectivity index (χ0v) is 11.7. The first-order valence-electron chi connectivity index (χ1n) is 5.34. The third-order valence-electron chi connectivity index (χ3n) is 2.48. The summed E-state index contributed by atoms with van der Waals surface area (Å²) >= 11 is 3.13. The molecule has 0 aliphatic carbocycles. The van der Waals surface area contributed by atoms with E-state index in [-0.39, 0.29) is 29.6 Å². The van der Waals surface area contributed by atoms with Crippen LogP contribution in [-0.4, -0.2) is 17.3 Å². The maximum atomic E-state index is 13.1. The van der Waals surface area contributed by atoms with E-state index < -0.39 is 11.7 Å². The number of nitrogens with zero attached hydrogens (tertiary/aromatic N) is 2. The van der Waals surface area contributed by atoms with E-state index in [1.54, 1.807) is 0 Å². The van der Waals surface area contributed by atoms with Gasteiger partial charge < -0.3 is 15.0 Å². The van der Waals surface area contributed by atoms with Crippen LogP contribution in [0.1, 0.15) is 11.5 Å². The predicted octanol–water partition coefficient (Wildman–Crippen LogP) is 2.99. The molecule has 2 rings (SSSR count). The molecule has 0 radical (unpaired) electrons. The topological polar surface area (TPSA) is 74.2 Å². The molecule has 108 valence electrons. The number of alkyl halides is 3. The van der Waals surface area contributed by atoms with Crippen LogP contribution in [0.15, 0.2) is 21.1 Å². The van der Waals surface area contributed by atoms with Crippen molar-refractivity contribution in [2.75, 3.05) is 7.11 Å². The molecule has 0 aliphatic rings. The maximum Gasteiger partial charge on any atom is 0.417 e. The van der Waals surface area contributed by atoms with Crippen molar-refractivity contribution in [2.24, 2.45) is 5.73 Å². The molecule has 0 saturated carbocycles. The molecule has 2 N–H and O–H groups in total. The summed E-state index contributed by atoms with van der Waals surface area (Å²) in [6.45, 7) is -0.0499. The summed E-state index contributed by atoms with van der Waals surface area (Å²) in [5.74, 6) is -0.0650. The standard InChI is InChI=1S/C11H9BrF3N3O2/c1-19-8-3-6(11(13,14)15)5(2-7(8)12)10-17-9(4-16)20-18-10/h2-3H,4,16H2,1H3. The first kappa shape index (κ1) is 14.8. The Morgan fingerprint density at radius 2 is 2.10 bits per heavy atom. The van der Waals surface area contributed by atoms with E-state index in [1.165, 1.54) is 13.2 Å². The van der Waals surface area contributed by atoms with Crippen LogP contribution in [0.3, 0.4) is 0 Å². The number of hydrogen-bond acceptors (Lipinski definition) is 5. The van der Waals surface area contributed by atoms with Crippen LogP contribution < -0.4 is 10.5 Å². The zero-order chi connectivity index (χ0) is 14.9. The molecule has 20 heavy (non-hydrogen) atoms. The molecule has 0 spiro atoms. The van der Waals surface area contributed by atoms with Gasteiger partial charge in [-0.05, 0) is 28.1 Å². The maximum absolute atomic E-state index is 13.1. The highest BCUT2D eigenvalue weighted by atomic mass is 79.9. The molecule has 0 saturated heterocycles. The number of methoxy groups -OCH3 is 1. The number of aromatic nitrogens is 2. The SMILES string of the molecule is COc1cc(C(F)(F)F)c(-c2noc(CN)n2)cc1Br. The fourth-order valence-electron chi connectivity index (χ4n) is 1.58. The number of rotatable bonds is 3. The Balaban J connectivity index is 2.64. The number of ether oxygens (including phenoxy) is 1. The van der Waals surface area contributed by atoms with Crippen LogP contribution in [-0.2, 0) is 12.7 Å². The van der Waals surface area contributed by atoms with Crippen LogP contribution in [0.5, 0.6) is 5.75 Å². The highest BCUT2D eigenvalue weighted by Gasteiger charge is 2.36. The smallest absolute Gasteiger partial charge is 0.417 e. The van der Waals surface area contributed by atoms with Crippen molar-refractivity contribution < 1.29 is 22.4 Å². The lowest BCUT2D eigenvalue weighted by atomic mass is 10.1. The molecule has 2 aromatic rings. The zero-order valence-electron chi connectivity index (χ0n) is 10.2. The summed E-state index contributed by atoms with van der Waals surface area (Å²) in [4.78, 5) is 3.81. The van der Waals surface area contributed by atoms with Gasteiger partial charge >= 0.3 is 6.18 Å². The van der Waals surface area contributed by atoms with Gasteiger partial charge in [-0.15, -0.1) is 0 Å². The number of benzene rings is 1. The molecule has 5 nitrogen and oxygen atoms in total. The lowest BCUT2D eigenvalue weighted by Gasteiger charge is -2.13.